The van der Waals surface area contributed by atoms with Crippen LogP contribution in [-0.2, 0) is 16.1 Å². The molecule has 0 unspecified atom stereocenters. The van der Waals surface area contributed by atoms with E-state index < -0.39 is 6.09 Å². The van der Waals surface area contributed by atoms with Crippen LogP contribution in [0.3, 0.4) is 0 Å². The van der Waals surface area contributed by atoms with Crippen molar-refractivity contribution in [1.29, 1.82) is 0 Å². The van der Waals surface area contributed by atoms with Crippen molar-refractivity contribution in [3.8, 4) is 12.3 Å². The smallest absolute Gasteiger partial charge is 0.410 e. The molecule has 30 heavy (non-hydrogen) atoms. The second kappa shape index (κ2) is 8.55. The van der Waals surface area contributed by atoms with Gasteiger partial charge in [0.25, 0.3) is 5.91 Å². The van der Waals surface area contributed by atoms with Crippen molar-refractivity contribution in [2.45, 2.75) is 25.4 Å². The zero-order valence-corrected chi connectivity index (χ0v) is 16.9. The molecule has 0 radical (unpaired) electrons. The minimum atomic E-state index is -0.399. The Bertz CT molecular complexity index is 1030. The average Bonchev–Trinajstić information content (AvgIpc) is 3.40. The van der Waals surface area contributed by atoms with Crippen LogP contribution < -0.4 is 5.32 Å². The van der Waals surface area contributed by atoms with Gasteiger partial charge < -0.3 is 19.7 Å². The Labute approximate surface area is 177 Å². The highest BCUT2D eigenvalue weighted by molar-refractivity contribution is 7.10. The summed E-state index contributed by atoms with van der Waals surface area (Å²) in [4.78, 5) is 42.2. The Morgan fingerprint density at radius 1 is 1.37 bits per heavy atom. The molecule has 9 heteroatoms. The number of hydrogen-bond donors (Lipinski definition) is 1. The van der Waals surface area contributed by atoms with Crippen LogP contribution in [-0.4, -0.2) is 47.6 Å². The van der Waals surface area contributed by atoms with Gasteiger partial charge in [-0.15, -0.1) is 17.8 Å². The van der Waals surface area contributed by atoms with Gasteiger partial charge in [0.05, 0.1) is 10.6 Å². The first-order valence-electron chi connectivity index (χ1n) is 9.47. The van der Waals surface area contributed by atoms with Gasteiger partial charge >= 0.3 is 12.1 Å². The maximum Gasteiger partial charge on any atom is 0.410 e. The molecule has 4 rings (SSSR count). The predicted molar refractivity (Wildman–Crippen MR) is 109 cm³/mol. The van der Waals surface area contributed by atoms with Crippen LogP contribution in [0.25, 0.3) is 0 Å². The summed E-state index contributed by atoms with van der Waals surface area (Å²) >= 11 is 1.43. The summed E-state index contributed by atoms with van der Waals surface area (Å²) < 4.78 is 9.93. The van der Waals surface area contributed by atoms with Gasteiger partial charge in [0.1, 0.15) is 12.3 Å². The van der Waals surface area contributed by atoms with Gasteiger partial charge in [0, 0.05) is 35.6 Å². The minimum absolute atomic E-state index is 0.0326. The number of aromatic nitrogens is 1. The standard InChI is InChI=1S/C21H19N3O5S/c1-2-9-28-21(27)24-7-5-13(6-8-24)19-23-17(12-30-19)18(25)22-15-4-3-14-11-29-20(26)16(14)10-15/h1,3-4,10,12-13H,5-9,11H2,(H,22,25). The number of thiazole rings is 1. The summed E-state index contributed by atoms with van der Waals surface area (Å²) in [5.41, 5.74) is 2.13. The molecule has 1 aromatic heterocycles. The zero-order valence-electron chi connectivity index (χ0n) is 16.1. The summed E-state index contributed by atoms with van der Waals surface area (Å²) in [7, 11) is 0. The molecule has 3 heterocycles. The summed E-state index contributed by atoms with van der Waals surface area (Å²) in [6.45, 7) is 1.34. The number of likely N-dealkylation sites (tertiary alicyclic amines) is 1. The van der Waals surface area contributed by atoms with E-state index in [1.807, 2.05) is 0 Å². The summed E-state index contributed by atoms with van der Waals surface area (Å²) in [6.07, 6.45) is 6.19. The van der Waals surface area contributed by atoms with E-state index in [9.17, 15) is 14.4 Å². The van der Waals surface area contributed by atoms with Gasteiger partial charge in [0.15, 0.2) is 6.61 Å². The van der Waals surface area contributed by atoms with Crippen LogP contribution >= 0.6 is 11.3 Å². The number of ether oxygens (including phenoxy) is 2. The molecule has 1 N–H and O–H groups in total. The Morgan fingerprint density at radius 3 is 2.93 bits per heavy atom. The lowest BCUT2D eigenvalue weighted by Crippen LogP contribution is -2.38. The fourth-order valence-electron chi connectivity index (χ4n) is 3.47. The second-order valence-electron chi connectivity index (χ2n) is 6.99. The third-order valence-electron chi connectivity index (χ3n) is 5.08. The number of nitrogens with zero attached hydrogens (tertiary/aromatic N) is 2. The number of terminal acetylenes is 1. The number of nitrogens with one attached hydrogen (secondary N) is 1. The number of hydrogen-bond acceptors (Lipinski definition) is 7. The molecule has 154 valence electrons. The van der Waals surface area contributed by atoms with Gasteiger partial charge in [-0.3, -0.25) is 4.79 Å². The number of benzene rings is 1. The molecule has 0 saturated carbocycles. The lowest BCUT2D eigenvalue weighted by molar-refractivity contribution is 0.0534. The van der Waals surface area contributed by atoms with E-state index in [0.29, 0.717) is 30.0 Å². The summed E-state index contributed by atoms with van der Waals surface area (Å²) in [5, 5.41) is 5.37. The van der Waals surface area contributed by atoms with Crippen molar-refractivity contribution in [3.05, 3.63) is 45.4 Å². The van der Waals surface area contributed by atoms with Gasteiger partial charge in [-0.05, 0) is 25.0 Å². The SMILES string of the molecule is C#CCOC(=O)N1CCC(c2nc(C(=O)Nc3ccc4c(c3)C(=O)OC4)cs2)CC1. The van der Waals surface area contributed by atoms with Crippen LogP contribution in [0.2, 0.25) is 0 Å². The van der Waals surface area contributed by atoms with Crippen LogP contribution in [0.1, 0.15) is 50.2 Å². The molecule has 0 bridgehead atoms. The Hall–Kier alpha value is -3.38. The summed E-state index contributed by atoms with van der Waals surface area (Å²) in [6, 6.07) is 5.12. The van der Waals surface area contributed by atoms with E-state index in [0.717, 1.165) is 23.4 Å². The Kier molecular flexibility index (Phi) is 5.68. The molecule has 2 aromatic rings. The number of amides is 2. The Balaban J connectivity index is 1.35. The number of carbonyl (C=O) groups excluding carboxylic acids is 3. The highest BCUT2D eigenvalue weighted by Gasteiger charge is 2.27. The number of piperidine rings is 1. The number of anilines is 1. The molecule has 0 spiro atoms. The molecule has 1 aromatic carbocycles. The predicted octanol–water partition coefficient (Wildman–Crippen LogP) is 3.02. The van der Waals surface area contributed by atoms with E-state index in [1.54, 1.807) is 28.5 Å². The average molecular weight is 425 g/mol. The lowest BCUT2D eigenvalue weighted by Gasteiger charge is -2.30. The lowest BCUT2D eigenvalue weighted by atomic mass is 9.98. The number of carbonyl (C=O) groups is 3. The fourth-order valence-corrected chi connectivity index (χ4v) is 4.44. The van der Waals surface area contributed by atoms with E-state index >= 15 is 0 Å². The monoisotopic (exact) mass is 425 g/mol. The number of esters is 1. The van der Waals surface area contributed by atoms with Gasteiger partial charge in [0.2, 0.25) is 0 Å². The van der Waals surface area contributed by atoms with Gasteiger partial charge in [-0.25, -0.2) is 14.6 Å². The molecule has 8 nitrogen and oxygen atoms in total. The fraction of sp³-hybridized carbons (Fsp3) is 0.333. The number of cyclic esters (lactones) is 1. The van der Waals surface area contributed by atoms with Crippen molar-refractivity contribution in [1.82, 2.24) is 9.88 Å². The zero-order chi connectivity index (χ0) is 21.1. The van der Waals surface area contributed by atoms with Crippen LogP contribution in [0, 0.1) is 12.3 Å². The van der Waals surface area contributed by atoms with Crippen molar-refractivity contribution < 1.29 is 23.9 Å². The van der Waals surface area contributed by atoms with Crippen molar-refractivity contribution in [3.63, 3.8) is 0 Å². The molecule has 2 amide bonds. The Morgan fingerprint density at radius 2 is 2.17 bits per heavy atom. The van der Waals surface area contributed by atoms with E-state index in [2.05, 4.69) is 16.2 Å². The first kappa shape index (κ1) is 19.9. The van der Waals surface area contributed by atoms with E-state index in [4.69, 9.17) is 15.9 Å². The maximum absolute atomic E-state index is 12.6. The maximum atomic E-state index is 12.6. The van der Waals surface area contributed by atoms with Crippen molar-refractivity contribution in [2.75, 3.05) is 25.0 Å². The number of fused-ring (bicyclic) bond motifs is 1. The molecule has 2 aliphatic rings. The highest BCUT2D eigenvalue weighted by Crippen LogP contribution is 2.31. The molecule has 0 aliphatic carbocycles. The first-order chi connectivity index (χ1) is 14.5. The van der Waals surface area contributed by atoms with Crippen LogP contribution in [0.4, 0.5) is 10.5 Å². The molecular weight excluding hydrogens is 406 g/mol. The third-order valence-corrected chi connectivity index (χ3v) is 6.09. The number of rotatable bonds is 4. The van der Waals surface area contributed by atoms with Crippen LogP contribution in [0.15, 0.2) is 23.6 Å². The topological polar surface area (TPSA) is 97.8 Å². The van der Waals surface area contributed by atoms with E-state index in [1.165, 1.54) is 11.3 Å². The molecule has 0 atom stereocenters. The second-order valence-corrected chi connectivity index (χ2v) is 7.88. The normalized spacial score (nSPS) is 15.8. The third kappa shape index (κ3) is 4.14. The van der Waals surface area contributed by atoms with Crippen molar-refractivity contribution in [2.24, 2.45) is 0 Å². The highest BCUT2D eigenvalue weighted by atomic mass is 32.1. The molecule has 1 saturated heterocycles. The quantitative estimate of drug-likeness (QED) is 0.597. The van der Waals surface area contributed by atoms with E-state index in [-0.39, 0.29) is 31.0 Å². The largest absolute Gasteiger partial charge is 0.457 e. The first-order valence-corrected chi connectivity index (χ1v) is 10.3. The van der Waals surface area contributed by atoms with Gasteiger partial charge in [-0.1, -0.05) is 12.0 Å². The summed E-state index contributed by atoms with van der Waals surface area (Å²) in [5.74, 6) is 1.74. The van der Waals surface area contributed by atoms with Gasteiger partial charge in [-0.2, -0.15) is 0 Å². The van der Waals surface area contributed by atoms with Crippen LogP contribution in [0.5, 0.6) is 0 Å². The molecular formula is C21H19N3O5S. The molecule has 1 fully saturated rings. The molecule has 2 aliphatic heterocycles. The minimum Gasteiger partial charge on any atom is -0.457 e. The van der Waals surface area contributed by atoms with Crippen molar-refractivity contribution >= 4 is 35.0 Å².